The zero-order chi connectivity index (χ0) is 12.4. The van der Waals surface area contributed by atoms with Crippen molar-refractivity contribution in [2.24, 2.45) is 12.8 Å². The molecule has 2 aromatic heterocycles. The lowest BCUT2D eigenvalue weighted by Gasteiger charge is -2.05. The summed E-state index contributed by atoms with van der Waals surface area (Å²) in [6.45, 7) is 0.526. The molecular formula is C9H12N6OS. The van der Waals surface area contributed by atoms with Gasteiger partial charge in [-0.15, -0.1) is 0 Å². The quantitative estimate of drug-likeness (QED) is 0.718. The van der Waals surface area contributed by atoms with Crippen LogP contribution in [0.2, 0.25) is 0 Å². The summed E-state index contributed by atoms with van der Waals surface area (Å²) in [6.07, 6.45) is 1.70. The minimum atomic E-state index is -0.580. The second-order valence-corrected chi connectivity index (χ2v) is 4.21. The Balaban J connectivity index is 2.15. The number of primary amides is 1. The first-order chi connectivity index (χ1) is 8.09. The number of anilines is 2. The van der Waals surface area contributed by atoms with Gasteiger partial charge in [-0.3, -0.25) is 9.48 Å². The van der Waals surface area contributed by atoms with Crippen LogP contribution in [0.4, 0.5) is 10.8 Å². The number of rotatable bonds is 4. The van der Waals surface area contributed by atoms with Gasteiger partial charge in [-0.25, -0.2) is 0 Å². The van der Waals surface area contributed by atoms with Gasteiger partial charge < -0.3 is 16.8 Å². The standard InChI is InChI=1S/C9H12N6OS/c1-15-5(2-3-13-15)4-12-9-6(8(11)16)7(10)14-17-9/h2-3,12H,4H2,1H3,(H2,10,14)(H2,11,16). The summed E-state index contributed by atoms with van der Waals surface area (Å²) in [4.78, 5) is 11.2. The third-order valence-electron chi connectivity index (χ3n) is 2.32. The first-order valence-corrected chi connectivity index (χ1v) is 5.62. The van der Waals surface area contributed by atoms with Crippen LogP contribution in [0.1, 0.15) is 16.1 Å². The number of carbonyl (C=O) groups excluding carboxylic acids is 1. The van der Waals surface area contributed by atoms with E-state index in [1.165, 1.54) is 0 Å². The molecule has 2 heterocycles. The van der Waals surface area contributed by atoms with Gasteiger partial charge in [0.05, 0.1) is 12.2 Å². The highest BCUT2D eigenvalue weighted by Gasteiger charge is 2.16. The van der Waals surface area contributed by atoms with Gasteiger partial charge in [0, 0.05) is 13.2 Å². The van der Waals surface area contributed by atoms with E-state index in [2.05, 4.69) is 14.8 Å². The summed E-state index contributed by atoms with van der Waals surface area (Å²) in [5.41, 5.74) is 12.0. The monoisotopic (exact) mass is 252 g/mol. The lowest BCUT2D eigenvalue weighted by molar-refractivity contribution is 0.100. The molecule has 0 aromatic carbocycles. The maximum Gasteiger partial charge on any atom is 0.255 e. The minimum Gasteiger partial charge on any atom is -0.382 e. The van der Waals surface area contributed by atoms with Gasteiger partial charge in [-0.05, 0) is 17.6 Å². The van der Waals surface area contributed by atoms with E-state index in [9.17, 15) is 4.79 Å². The predicted octanol–water partition coefficient (Wildman–Crippen LogP) is 0.170. The maximum atomic E-state index is 11.2. The van der Waals surface area contributed by atoms with E-state index in [1.54, 1.807) is 10.9 Å². The Morgan fingerprint density at radius 1 is 1.65 bits per heavy atom. The van der Waals surface area contributed by atoms with E-state index in [1.807, 2.05) is 13.1 Å². The molecule has 0 fully saturated rings. The third kappa shape index (κ3) is 2.21. The van der Waals surface area contributed by atoms with Crippen molar-refractivity contribution in [3.63, 3.8) is 0 Å². The van der Waals surface area contributed by atoms with E-state index in [-0.39, 0.29) is 11.4 Å². The third-order valence-corrected chi connectivity index (χ3v) is 3.14. The summed E-state index contributed by atoms with van der Waals surface area (Å²) < 4.78 is 5.63. The lowest BCUT2D eigenvalue weighted by Crippen LogP contribution is -2.15. The zero-order valence-corrected chi connectivity index (χ0v) is 9.99. The highest BCUT2D eigenvalue weighted by Crippen LogP contribution is 2.26. The van der Waals surface area contributed by atoms with Gasteiger partial charge in [0.15, 0.2) is 5.82 Å². The van der Waals surface area contributed by atoms with Crippen LogP contribution in [-0.4, -0.2) is 20.1 Å². The van der Waals surface area contributed by atoms with Crippen molar-refractivity contribution in [1.82, 2.24) is 14.2 Å². The topological polar surface area (TPSA) is 112 Å². The number of nitrogens with two attached hydrogens (primary N) is 2. The molecule has 0 aliphatic heterocycles. The number of aromatic nitrogens is 3. The first kappa shape index (κ1) is 11.4. The minimum absolute atomic E-state index is 0.162. The van der Waals surface area contributed by atoms with Gasteiger partial charge in [-0.1, -0.05) is 0 Å². The number of hydrogen-bond donors (Lipinski definition) is 3. The lowest BCUT2D eigenvalue weighted by atomic mass is 10.3. The molecule has 0 aliphatic carbocycles. The van der Waals surface area contributed by atoms with Crippen LogP contribution in [0, 0.1) is 0 Å². The summed E-state index contributed by atoms with van der Waals surface area (Å²) in [5.74, 6) is -0.418. The molecule has 0 saturated heterocycles. The Morgan fingerprint density at radius 3 is 3.00 bits per heavy atom. The van der Waals surface area contributed by atoms with E-state index in [4.69, 9.17) is 11.5 Å². The van der Waals surface area contributed by atoms with Crippen molar-refractivity contribution in [3.8, 4) is 0 Å². The molecule has 17 heavy (non-hydrogen) atoms. The fourth-order valence-electron chi connectivity index (χ4n) is 1.41. The van der Waals surface area contributed by atoms with Crippen molar-refractivity contribution in [2.75, 3.05) is 11.1 Å². The molecule has 0 radical (unpaired) electrons. The molecule has 7 nitrogen and oxygen atoms in total. The Bertz CT molecular complexity index is 545. The number of nitrogens with zero attached hydrogens (tertiary/aromatic N) is 3. The van der Waals surface area contributed by atoms with Gasteiger partial charge in [-0.2, -0.15) is 9.47 Å². The zero-order valence-electron chi connectivity index (χ0n) is 9.17. The van der Waals surface area contributed by atoms with Gasteiger partial charge in [0.2, 0.25) is 0 Å². The largest absolute Gasteiger partial charge is 0.382 e. The average molecular weight is 252 g/mol. The molecule has 5 N–H and O–H groups in total. The fourth-order valence-corrected chi connectivity index (χ4v) is 2.12. The molecule has 0 aliphatic rings. The van der Waals surface area contributed by atoms with Gasteiger partial charge in [0.1, 0.15) is 10.6 Å². The normalized spacial score (nSPS) is 10.4. The summed E-state index contributed by atoms with van der Waals surface area (Å²) in [5, 5.41) is 7.69. The molecule has 0 saturated carbocycles. The average Bonchev–Trinajstić information content (AvgIpc) is 2.82. The summed E-state index contributed by atoms with van der Waals surface area (Å²) in [7, 11) is 1.84. The second kappa shape index (κ2) is 4.42. The molecule has 2 aromatic rings. The SMILES string of the molecule is Cn1nccc1CNc1snc(N)c1C(N)=O. The van der Waals surface area contributed by atoms with Crippen molar-refractivity contribution in [3.05, 3.63) is 23.5 Å². The van der Waals surface area contributed by atoms with Gasteiger partial charge in [0.25, 0.3) is 5.91 Å². The number of aryl methyl sites for hydroxylation is 1. The number of amides is 1. The van der Waals surface area contributed by atoms with E-state index >= 15 is 0 Å². The van der Waals surface area contributed by atoms with E-state index in [0.29, 0.717) is 11.5 Å². The molecule has 0 atom stereocenters. The number of carbonyl (C=O) groups is 1. The van der Waals surface area contributed by atoms with Crippen LogP contribution in [0.5, 0.6) is 0 Å². The van der Waals surface area contributed by atoms with Gasteiger partial charge >= 0.3 is 0 Å². The number of nitrogens with one attached hydrogen (secondary N) is 1. The van der Waals surface area contributed by atoms with Crippen LogP contribution in [0.3, 0.4) is 0 Å². The van der Waals surface area contributed by atoms with Crippen LogP contribution < -0.4 is 16.8 Å². The molecule has 0 bridgehead atoms. The Hall–Kier alpha value is -2.09. The van der Waals surface area contributed by atoms with Crippen molar-refractivity contribution in [2.45, 2.75) is 6.54 Å². The van der Waals surface area contributed by atoms with E-state index < -0.39 is 5.91 Å². The highest BCUT2D eigenvalue weighted by atomic mass is 32.1. The molecule has 0 unspecified atom stereocenters. The van der Waals surface area contributed by atoms with Crippen molar-refractivity contribution >= 4 is 28.3 Å². The smallest absolute Gasteiger partial charge is 0.255 e. The Labute approximate surface area is 102 Å². The summed E-state index contributed by atoms with van der Waals surface area (Å²) >= 11 is 1.12. The molecule has 2 rings (SSSR count). The number of nitrogen functional groups attached to an aromatic ring is 1. The van der Waals surface area contributed by atoms with E-state index in [0.717, 1.165) is 17.2 Å². The number of hydrogen-bond acceptors (Lipinski definition) is 6. The molecule has 1 amide bonds. The molecule has 8 heteroatoms. The molecule has 0 spiro atoms. The predicted molar refractivity (Wildman–Crippen MR) is 65.6 cm³/mol. The van der Waals surface area contributed by atoms with Crippen LogP contribution in [0.25, 0.3) is 0 Å². The molecular weight excluding hydrogens is 240 g/mol. The fraction of sp³-hybridized carbons (Fsp3) is 0.222. The second-order valence-electron chi connectivity index (χ2n) is 3.44. The van der Waals surface area contributed by atoms with Crippen LogP contribution in [0.15, 0.2) is 12.3 Å². The molecule has 90 valence electrons. The van der Waals surface area contributed by atoms with Crippen molar-refractivity contribution in [1.29, 1.82) is 0 Å². The first-order valence-electron chi connectivity index (χ1n) is 4.85. The van der Waals surface area contributed by atoms with Crippen LogP contribution >= 0.6 is 11.5 Å². The highest BCUT2D eigenvalue weighted by molar-refractivity contribution is 7.11. The Morgan fingerprint density at radius 2 is 2.41 bits per heavy atom. The Kier molecular flexibility index (Phi) is 2.96. The van der Waals surface area contributed by atoms with Crippen LogP contribution in [-0.2, 0) is 13.6 Å². The summed E-state index contributed by atoms with van der Waals surface area (Å²) in [6, 6.07) is 1.88. The maximum absolute atomic E-state index is 11.2. The van der Waals surface area contributed by atoms with Crippen molar-refractivity contribution < 1.29 is 4.79 Å².